The monoisotopic (exact) mass is 337 g/mol. The van der Waals surface area contributed by atoms with E-state index < -0.39 is 0 Å². The van der Waals surface area contributed by atoms with E-state index in [4.69, 9.17) is 4.98 Å². The summed E-state index contributed by atoms with van der Waals surface area (Å²) in [6.07, 6.45) is 2.85. The fraction of sp³-hybridized carbons (Fsp3) is 0.421. The summed E-state index contributed by atoms with van der Waals surface area (Å²) in [5.41, 5.74) is 1.39. The maximum Gasteiger partial charge on any atom is 0.262 e. The van der Waals surface area contributed by atoms with Crippen molar-refractivity contribution < 1.29 is 0 Å². The molecular formula is C19H23N5O. The topological polar surface area (TPSA) is 66.8 Å². The van der Waals surface area contributed by atoms with Crippen LogP contribution in [0.2, 0.25) is 0 Å². The molecule has 1 saturated heterocycles. The Morgan fingerprint density at radius 1 is 1.16 bits per heavy atom. The number of nitrogens with zero attached hydrogens (tertiary/aromatic N) is 4. The van der Waals surface area contributed by atoms with E-state index in [9.17, 15) is 4.79 Å². The summed E-state index contributed by atoms with van der Waals surface area (Å²) in [6.45, 7) is 7.33. The molecule has 2 aromatic heterocycles. The van der Waals surface area contributed by atoms with Crippen molar-refractivity contribution >= 4 is 11.0 Å². The summed E-state index contributed by atoms with van der Waals surface area (Å²) in [5, 5.41) is 4.88. The minimum atomic E-state index is -0.125. The molecule has 2 atom stereocenters. The zero-order valence-corrected chi connectivity index (χ0v) is 14.6. The SMILES string of the molecule is C[C@@H]1C[C@H](C)CN(Cc2nc3c(cnn3-c3ccccc3)c(=O)[nH]2)C1. The number of rotatable bonds is 3. The molecule has 6 nitrogen and oxygen atoms in total. The van der Waals surface area contributed by atoms with Crippen LogP contribution >= 0.6 is 0 Å². The lowest BCUT2D eigenvalue weighted by molar-refractivity contribution is 0.131. The van der Waals surface area contributed by atoms with Crippen molar-refractivity contribution in [3.63, 3.8) is 0 Å². The molecule has 0 radical (unpaired) electrons. The van der Waals surface area contributed by atoms with Crippen molar-refractivity contribution in [1.29, 1.82) is 0 Å². The fourth-order valence-electron chi connectivity index (χ4n) is 3.93. The summed E-state index contributed by atoms with van der Waals surface area (Å²) in [6, 6.07) is 9.78. The zero-order valence-electron chi connectivity index (χ0n) is 14.6. The normalized spacial score (nSPS) is 21.7. The second-order valence-corrected chi connectivity index (χ2v) is 7.28. The van der Waals surface area contributed by atoms with Gasteiger partial charge in [-0.1, -0.05) is 32.0 Å². The molecule has 0 saturated carbocycles. The van der Waals surface area contributed by atoms with Gasteiger partial charge in [0.15, 0.2) is 5.65 Å². The van der Waals surface area contributed by atoms with Crippen molar-refractivity contribution in [2.24, 2.45) is 11.8 Å². The molecule has 25 heavy (non-hydrogen) atoms. The van der Waals surface area contributed by atoms with Crippen molar-refractivity contribution in [3.05, 3.63) is 52.7 Å². The maximum atomic E-state index is 12.4. The van der Waals surface area contributed by atoms with Crippen LogP contribution in [-0.4, -0.2) is 37.7 Å². The number of para-hydroxylation sites is 1. The van der Waals surface area contributed by atoms with Gasteiger partial charge in [0.25, 0.3) is 5.56 Å². The van der Waals surface area contributed by atoms with Gasteiger partial charge >= 0.3 is 0 Å². The van der Waals surface area contributed by atoms with Crippen LogP contribution in [0.15, 0.2) is 41.3 Å². The molecule has 0 unspecified atom stereocenters. The van der Waals surface area contributed by atoms with E-state index in [1.54, 1.807) is 10.9 Å². The molecular weight excluding hydrogens is 314 g/mol. The zero-order chi connectivity index (χ0) is 17.4. The van der Waals surface area contributed by atoms with E-state index >= 15 is 0 Å². The Bertz CT molecular complexity index is 920. The first-order chi connectivity index (χ1) is 12.1. The van der Waals surface area contributed by atoms with Gasteiger partial charge in [-0.25, -0.2) is 9.67 Å². The van der Waals surface area contributed by atoms with Crippen LogP contribution in [0.1, 0.15) is 26.1 Å². The Hall–Kier alpha value is -2.47. The molecule has 3 aromatic rings. The number of hydrogen-bond acceptors (Lipinski definition) is 4. The van der Waals surface area contributed by atoms with Gasteiger partial charge in [-0.15, -0.1) is 0 Å². The summed E-state index contributed by atoms with van der Waals surface area (Å²) < 4.78 is 1.73. The Kier molecular flexibility index (Phi) is 4.13. The van der Waals surface area contributed by atoms with E-state index in [2.05, 4.69) is 28.8 Å². The summed E-state index contributed by atoms with van der Waals surface area (Å²) in [5.74, 6) is 2.06. The van der Waals surface area contributed by atoms with Gasteiger partial charge in [-0.3, -0.25) is 9.69 Å². The lowest BCUT2D eigenvalue weighted by Gasteiger charge is -2.34. The third-order valence-electron chi connectivity index (χ3n) is 4.81. The molecule has 0 spiro atoms. The average Bonchev–Trinajstić information content (AvgIpc) is 2.99. The van der Waals surface area contributed by atoms with Crippen molar-refractivity contribution in [1.82, 2.24) is 24.6 Å². The summed E-state index contributed by atoms with van der Waals surface area (Å²) in [7, 11) is 0. The number of likely N-dealkylation sites (tertiary alicyclic amines) is 1. The first-order valence-corrected chi connectivity index (χ1v) is 8.85. The number of H-pyrrole nitrogens is 1. The quantitative estimate of drug-likeness (QED) is 0.798. The number of aromatic nitrogens is 4. The molecule has 1 aliphatic heterocycles. The van der Waals surface area contributed by atoms with Crippen LogP contribution in [-0.2, 0) is 6.54 Å². The summed E-state index contributed by atoms with van der Waals surface area (Å²) in [4.78, 5) is 22.5. The molecule has 1 fully saturated rings. The van der Waals surface area contributed by atoms with Crippen LogP contribution in [0.3, 0.4) is 0 Å². The van der Waals surface area contributed by atoms with Crippen LogP contribution in [0.25, 0.3) is 16.7 Å². The average molecular weight is 337 g/mol. The van der Waals surface area contributed by atoms with Crippen LogP contribution < -0.4 is 5.56 Å². The largest absolute Gasteiger partial charge is 0.309 e. The van der Waals surface area contributed by atoms with Crippen molar-refractivity contribution in [2.75, 3.05) is 13.1 Å². The van der Waals surface area contributed by atoms with Gasteiger partial charge in [-0.2, -0.15) is 5.10 Å². The third-order valence-corrected chi connectivity index (χ3v) is 4.81. The molecule has 6 heteroatoms. The van der Waals surface area contributed by atoms with E-state index in [-0.39, 0.29) is 5.56 Å². The van der Waals surface area contributed by atoms with E-state index in [0.717, 1.165) is 18.8 Å². The molecule has 0 bridgehead atoms. The van der Waals surface area contributed by atoms with Gasteiger partial charge in [-0.05, 0) is 30.4 Å². The maximum absolute atomic E-state index is 12.4. The highest BCUT2D eigenvalue weighted by Crippen LogP contribution is 2.22. The number of nitrogens with one attached hydrogen (secondary N) is 1. The highest BCUT2D eigenvalue weighted by atomic mass is 16.1. The van der Waals surface area contributed by atoms with Crippen molar-refractivity contribution in [3.8, 4) is 5.69 Å². The number of piperidine rings is 1. The lowest BCUT2D eigenvalue weighted by atomic mass is 9.92. The first kappa shape index (κ1) is 16.0. The van der Waals surface area contributed by atoms with Gasteiger partial charge in [0.2, 0.25) is 0 Å². The molecule has 4 rings (SSSR count). The van der Waals surface area contributed by atoms with Gasteiger partial charge in [0, 0.05) is 13.1 Å². The minimum absolute atomic E-state index is 0.125. The number of fused-ring (bicyclic) bond motifs is 1. The second-order valence-electron chi connectivity index (χ2n) is 7.28. The van der Waals surface area contributed by atoms with Crippen molar-refractivity contribution in [2.45, 2.75) is 26.8 Å². The Morgan fingerprint density at radius 3 is 2.60 bits per heavy atom. The molecule has 130 valence electrons. The first-order valence-electron chi connectivity index (χ1n) is 8.85. The predicted octanol–water partition coefficient (Wildman–Crippen LogP) is 2.59. The van der Waals surface area contributed by atoms with Crippen LogP contribution in [0.4, 0.5) is 0 Å². The van der Waals surface area contributed by atoms with Crippen LogP contribution in [0, 0.1) is 11.8 Å². The summed E-state index contributed by atoms with van der Waals surface area (Å²) >= 11 is 0. The van der Waals surface area contributed by atoms with Crippen LogP contribution in [0.5, 0.6) is 0 Å². The van der Waals surface area contributed by atoms with Gasteiger partial charge in [0.1, 0.15) is 11.2 Å². The standard InChI is InChI=1S/C19H23N5O/c1-13-8-14(2)11-23(10-13)12-17-21-18-16(19(25)22-17)9-20-24(18)15-6-4-3-5-7-15/h3-7,9,13-14H,8,10-12H2,1-2H3,(H,21,22,25)/t13-,14+. The Morgan fingerprint density at radius 2 is 1.88 bits per heavy atom. The van der Waals surface area contributed by atoms with E-state index in [0.29, 0.717) is 35.2 Å². The Balaban J connectivity index is 1.70. The lowest BCUT2D eigenvalue weighted by Crippen LogP contribution is -2.38. The molecule has 0 aliphatic carbocycles. The van der Waals surface area contributed by atoms with E-state index in [1.807, 2.05) is 30.3 Å². The predicted molar refractivity (Wildman–Crippen MR) is 97.7 cm³/mol. The number of hydrogen-bond donors (Lipinski definition) is 1. The second kappa shape index (κ2) is 6.44. The van der Waals surface area contributed by atoms with Gasteiger partial charge in [0.05, 0.1) is 18.4 Å². The minimum Gasteiger partial charge on any atom is -0.309 e. The molecule has 0 amide bonds. The van der Waals surface area contributed by atoms with Gasteiger partial charge < -0.3 is 4.98 Å². The van der Waals surface area contributed by atoms with E-state index in [1.165, 1.54) is 6.42 Å². The molecule has 1 aliphatic rings. The molecule has 1 aromatic carbocycles. The molecule has 1 N–H and O–H groups in total. The number of aromatic amines is 1. The highest BCUT2D eigenvalue weighted by Gasteiger charge is 2.22. The molecule has 3 heterocycles. The number of benzene rings is 1. The fourth-order valence-corrected chi connectivity index (χ4v) is 3.93. The Labute approximate surface area is 146 Å². The highest BCUT2D eigenvalue weighted by molar-refractivity contribution is 5.75. The smallest absolute Gasteiger partial charge is 0.262 e. The third kappa shape index (κ3) is 3.22.